The number of benzene rings is 1. The third kappa shape index (κ3) is 2.32. The zero-order valence-corrected chi connectivity index (χ0v) is 9.08. The molecule has 0 heterocycles. The monoisotopic (exact) mass is 205 g/mol. The summed E-state index contributed by atoms with van der Waals surface area (Å²) < 4.78 is 0. The van der Waals surface area contributed by atoms with E-state index in [4.69, 9.17) is 5.73 Å². The molecule has 0 atom stereocenters. The van der Waals surface area contributed by atoms with E-state index >= 15 is 0 Å². The number of phenolic OH excluding ortho intramolecular Hbond substituents is 1. The summed E-state index contributed by atoms with van der Waals surface area (Å²) in [4.78, 5) is 0. The lowest BCUT2D eigenvalue weighted by Gasteiger charge is -2.28. The van der Waals surface area contributed by atoms with Crippen LogP contribution in [0.4, 0.5) is 0 Å². The van der Waals surface area contributed by atoms with E-state index in [-0.39, 0.29) is 5.54 Å². The molecule has 15 heavy (non-hydrogen) atoms. The molecule has 1 saturated carbocycles. The van der Waals surface area contributed by atoms with Crippen molar-refractivity contribution in [3.05, 3.63) is 29.8 Å². The van der Waals surface area contributed by atoms with Crippen molar-refractivity contribution < 1.29 is 5.11 Å². The second-order valence-corrected chi connectivity index (χ2v) is 4.62. The first-order chi connectivity index (χ1) is 7.21. The maximum absolute atomic E-state index is 9.47. The van der Waals surface area contributed by atoms with Crippen molar-refractivity contribution in [3.8, 4) is 5.75 Å². The van der Waals surface area contributed by atoms with Gasteiger partial charge in [-0.2, -0.15) is 0 Å². The van der Waals surface area contributed by atoms with Crippen LogP contribution < -0.4 is 5.73 Å². The Balaban J connectivity index is 2.26. The first-order valence-corrected chi connectivity index (χ1v) is 5.79. The van der Waals surface area contributed by atoms with Crippen LogP contribution in [0, 0.1) is 0 Å². The van der Waals surface area contributed by atoms with Gasteiger partial charge < -0.3 is 10.8 Å². The van der Waals surface area contributed by atoms with Crippen LogP contribution in [0.1, 0.15) is 44.1 Å². The third-order valence-electron chi connectivity index (χ3n) is 3.42. The van der Waals surface area contributed by atoms with Gasteiger partial charge in [-0.1, -0.05) is 37.8 Å². The fourth-order valence-electron chi connectivity index (χ4n) is 2.46. The lowest BCUT2D eigenvalue weighted by atomic mass is 9.84. The summed E-state index contributed by atoms with van der Waals surface area (Å²) >= 11 is 0. The zero-order valence-electron chi connectivity index (χ0n) is 9.08. The molecule has 0 saturated heterocycles. The highest BCUT2D eigenvalue weighted by molar-refractivity contribution is 5.32. The van der Waals surface area contributed by atoms with Gasteiger partial charge in [0.2, 0.25) is 0 Å². The fourth-order valence-corrected chi connectivity index (χ4v) is 2.46. The molecule has 0 bridgehead atoms. The summed E-state index contributed by atoms with van der Waals surface area (Å²) in [5.41, 5.74) is 7.31. The Labute approximate surface area is 91.1 Å². The number of nitrogens with two attached hydrogens (primary N) is 1. The highest BCUT2D eigenvalue weighted by Gasteiger charge is 2.28. The maximum atomic E-state index is 9.47. The van der Waals surface area contributed by atoms with Gasteiger partial charge in [0.05, 0.1) is 0 Å². The molecule has 0 spiro atoms. The summed E-state index contributed by atoms with van der Waals surface area (Å²) in [7, 11) is 0. The fraction of sp³-hybridized carbons (Fsp3) is 0.538. The smallest absolute Gasteiger partial charge is 0.115 e. The van der Waals surface area contributed by atoms with Crippen LogP contribution >= 0.6 is 0 Å². The molecule has 0 unspecified atom stereocenters. The van der Waals surface area contributed by atoms with Crippen molar-refractivity contribution in [2.75, 3.05) is 0 Å². The average Bonchev–Trinajstić information content (AvgIpc) is 2.44. The first-order valence-electron chi connectivity index (χ1n) is 5.79. The Hall–Kier alpha value is -1.02. The largest absolute Gasteiger partial charge is 0.508 e. The minimum absolute atomic E-state index is 0.213. The molecule has 3 N–H and O–H groups in total. The highest BCUT2D eigenvalue weighted by atomic mass is 16.3. The Morgan fingerprint density at radius 3 is 2.33 bits per heavy atom. The Morgan fingerprint density at radius 1 is 1.07 bits per heavy atom. The van der Waals surface area contributed by atoms with Crippen molar-refractivity contribution in [2.24, 2.45) is 5.73 Å². The van der Waals surface area contributed by atoms with Crippen LogP contribution in [-0.4, -0.2) is 5.11 Å². The van der Waals surface area contributed by atoms with Crippen molar-refractivity contribution in [3.63, 3.8) is 0 Å². The quantitative estimate of drug-likeness (QED) is 0.692. The van der Waals surface area contributed by atoms with Gasteiger partial charge in [-0.05, 0) is 30.5 Å². The first kappa shape index (κ1) is 10.5. The molecule has 0 radical (unpaired) electrons. The molecule has 1 aliphatic carbocycles. The van der Waals surface area contributed by atoms with Crippen LogP contribution in [0.2, 0.25) is 0 Å². The van der Waals surface area contributed by atoms with E-state index in [1.165, 1.54) is 25.7 Å². The van der Waals surface area contributed by atoms with Crippen LogP contribution in [0.5, 0.6) is 5.75 Å². The lowest BCUT2D eigenvalue weighted by Crippen LogP contribution is -2.35. The molecule has 82 valence electrons. The van der Waals surface area contributed by atoms with E-state index in [9.17, 15) is 5.11 Å². The predicted octanol–water partition coefficient (Wildman–Crippen LogP) is 2.90. The lowest BCUT2D eigenvalue weighted by molar-refractivity contribution is 0.382. The zero-order chi connectivity index (χ0) is 10.7. The number of hydrogen-bond acceptors (Lipinski definition) is 2. The SMILES string of the molecule is NC1(c2cccc(O)c2)CCCCCC1. The van der Waals surface area contributed by atoms with Crippen LogP contribution in [-0.2, 0) is 5.54 Å². The minimum Gasteiger partial charge on any atom is -0.508 e. The molecular weight excluding hydrogens is 186 g/mol. The van der Waals surface area contributed by atoms with E-state index in [1.807, 2.05) is 18.2 Å². The molecule has 0 aliphatic heterocycles. The summed E-state index contributed by atoms with van der Waals surface area (Å²) in [6, 6.07) is 7.42. The number of aromatic hydroxyl groups is 1. The van der Waals surface area contributed by atoms with Gasteiger partial charge in [0.1, 0.15) is 5.75 Å². The predicted molar refractivity (Wildman–Crippen MR) is 61.7 cm³/mol. The summed E-state index contributed by atoms with van der Waals surface area (Å²) in [5.74, 6) is 0.321. The molecule has 0 aromatic heterocycles. The number of rotatable bonds is 1. The standard InChI is InChI=1S/C13H19NO/c14-13(8-3-1-2-4-9-13)11-6-5-7-12(15)10-11/h5-7,10,15H,1-4,8-9,14H2. The van der Waals surface area contributed by atoms with Gasteiger partial charge >= 0.3 is 0 Å². The van der Waals surface area contributed by atoms with Gasteiger partial charge in [-0.15, -0.1) is 0 Å². The van der Waals surface area contributed by atoms with Crippen molar-refractivity contribution in [1.29, 1.82) is 0 Å². The van der Waals surface area contributed by atoms with E-state index in [0.717, 1.165) is 18.4 Å². The molecule has 2 heteroatoms. The topological polar surface area (TPSA) is 46.2 Å². The second-order valence-electron chi connectivity index (χ2n) is 4.62. The summed E-state index contributed by atoms with van der Waals surface area (Å²) in [5, 5.41) is 9.47. The molecule has 2 rings (SSSR count). The van der Waals surface area contributed by atoms with Gasteiger partial charge in [-0.25, -0.2) is 0 Å². The van der Waals surface area contributed by atoms with Crippen molar-refractivity contribution in [1.82, 2.24) is 0 Å². The highest BCUT2D eigenvalue weighted by Crippen LogP contribution is 2.34. The Kier molecular flexibility index (Phi) is 2.96. The minimum atomic E-state index is -0.213. The van der Waals surface area contributed by atoms with Gasteiger partial charge in [-0.3, -0.25) is 0 Å². The Bertz CT molecular complexity index is 327. The van der Waals surface area contributed by atoms with Crippen LogP contribution in [0.25, 0.3) is 0 Å². The molecular formula is C13H19NO. The van der Waals surface area contributed by atoms with Gasteiger partial charge in [0, 0.05) is 5.54 Å². The summed E-state index contributed by atoms with van der Waals surface area (Å²) in [6.07, 6.45) is 7.06. The number of hydrogen-bond donors (Lipinski definition) is 2. The summed E-state index contributed by atoms with van der Waals surface area (Å²) in [6.45, 7) is 0. The molecule has 1 aromatic rings. The normalized spacial score (nSPS) is 20.9. The third-order valence-corrected chi connectivity index (χ3v) is 3.42. The van der Waals surface area contributed by atoms with Gasteiger partial charge in [0.15, 0.2) is 0 Å². The van der Waals surface area contributed by atoms with E-state index in [2.05, 4.69) is 0 Å². The van der Waals surface area contributed by atoms with E-state index in [0.29, 0.717) is 5.75 Å². The Morgan fingerprint density at radius 2 is 1.73 bits per heavy atom. The van der Waals surface area contributed by atoms with Crippen LogP contribution in [0.15, 0.2) is 24.3 Å². The van der Waals surface area contributed by atoms with Crippen LogP contribution in [0.3, 0.4) is 0 Å². The van der Waals surface area contributed by atoms with Gasteiger partial charge in [0.25, 0.3) is 0 Å². The van der Waals surface area contributed by atoms with E-state index < -0.39 is 0 Å². The molecule has 1 aromatic carbocycles. The molecule has 2 nitrogen and oxygen atoms in total. The van der Waals surface area contributed by atoms with Crippen molar-refractivity contribution >= 4 is 0 Å². The second kappa shape index (κ2) is 4.23. The maximum Gasteiger partial charge on any atom is 0.115 e. The molecule has 1 fully saturated rings. The molecule has 1 aliphatic rings. The van der Waals surface area contributed by atoms with Crippen molar-refractivity contribution in [2.45, 2.75) is 44.1 Å². The average molecular weight is 205 g/mol. The number of phenols is 1. The van der Waals surface area contributed by atoms with E-state index in [1.54, 1.807) is 6.07 Å². The molecule has 0 amide bonds.